The number of aliphatic hydroxyl groups excluding tert-OH is 1. The van der Waals surface area contributed by atoms with E-state index in [-0.39, 0.29) is 67.3 Å². The Labute approximate surface area is 659 Å². The third-order valence-electron chi connectivity index (χ3n) is 16.0. The Balaban J connectivity index is 0.000000166. The van der Waals surface area contributed by atoms with Crippen LogP contribution in [0.5, 0.6) is 23.0 Å². The summed E-state index contributed by atoms with van der Waals surface area (Å²) in [6, 6.07) is 48.1. The SMILES string of the molecule is COC(=O)c1ccc2ncc(CS(=O)(=O)c3cc(Br)ccc3OC)cc2c1.COc1ccc(Br)cc1S(=O)(=O)Cc1cnc2ccc(CN(C)C)cc2c1.COc1ccc(Br)cc1S(=O)(=O)Cc1cnc2ccc(CO)cc2c1.COc1ccc(Br)cc1S(=O)(=O)Cc1cnc2ccc(COS(C)(=O)=O)cc2c1. The molecule has 0 amide bonds. The second kappa shape index (κ2) is 36.4. The van der Waals surface area contributed by atoms with E-state index in [0.29, 0.717) is 84.6 Å². The van der Waals surface area contributed by atoms with Gasteiger partial charge in [0.25, 0.3) is 10.1 Å². The summed E-state index contributed by atoms with van der Waals surface area (Å²) in [6.45, 7) is 0.633. The molecule has 1 N–H and O–H groups in total. The monoisotopic (exact) mass is 1820 g/mol. The maximum atomic E-state index is 12.9. The highest BCUT2D eigenvalue weighted by atomic mass is 79.9. The van der Waals surface area contributed by atoms with Gasteiger partial charge < -0.3 is 33.7 Å². The molecule has 0 saturated heterocycles. The minimum atomic E-state index is -3.69. The lowest BCUT2D eigenvalue weighted by atomic mass is 10.1. The number of aliphatic hydroxyl groups is 1. The summed E-state index contributed by atoms with van der Waals surface area (Å²) in [5, 5.41) is 12.3. The first-order valence-electron chi connectivity index (χ1n) is 32.1. The van der Waals surface area contributed by atoms with Crippen LogP contribution in [0, 0.1) is 0 Å². The zero-order valence-corrected chi connectivity index (χ0v) is 69.5. The smallest absolute Gasteiger partial charge is 0.337 e. The summed E-state index contributed by atoms with van der Waals surface area (Å²) in [5.74, 6) is -0.110. The fraction of sp³-hybridized carbons (Fsp3) is 0.197. The minimum Gasteiger partial charge on any atom is -0.495 e. The highest BCUT2D eigenvalue weighted by Gasteiger charge is 2.26. The molecule has 0 aliphatic heterocycles. The van der Waals surface area contributed by atoms with Crippen LogP contribution in [0.1, 0.15) is 49.3 Å². The zero-order chi connectivity index (χ0) is 78.5. The third-order valence-corrected chi connectivity index (χ3v) is 25.3. The second-order valence-corrected chi connectivity index (χ2v) is 37.6. The molecule has 0 spiro atoms. The number of hydrogen-bond acceptors (Lipinski definition) is 23. The topological polar surface area (TPSA) is 318 Å². The van der Waals surface area contributed by atoms with Gasteiger partial charge in [0.2, 0.25) is 0 Å². The first-order valence-corrected chi connectivity index (χ1v) is 43.7. The van der Waals surface area contributed by atoms with Crippen LogP contribution in [0.15, 0.2) is 232 Å². The van der Waals surface area contributed by atoms with Crippen molar-refractivity contribution in [3.63, 3.8) is 0 Å². The number of fused-ring (bicyclic) bond motifs is 4. The lowest BCUT2D eigenvalue weighted by Gasteiger charge is -2.12. The molecule has 566 valence electrons. The van der Waals surface area contributed by atoms with Crippen LogP contribution in [0.25, 0.3) is 43.6 Å². The van der Waals surface area contributed by atoms with Gasteiger partial charge in [0.05, 0.1) is 106 Å². The van der Waals surface area contributed by atoms with Gasteiger partial charge in [-0.05, 0) is 205 Å². The van der Waals surface area contributed by atoms with Gasteiger partial charge in [-0.3, -0.25) is 24.1 Å². The molecule has 0 radical (unpaired) electrons. The van der Waals surface area contributed by atoms with Crippen LogP contribution in [-0.4, -0.2) is 134 Å². The normalized spacial score (nSPS) is 11.8. The molecule has 0 aliphatic carbocycles. The van der Waals surface area contributed by atoms with Gasteiger partial charge in [0.1, 0.15) is 42.6 Å². The number of ether oxygens (including phenoxy) is 5. The van der Waals surface area contributed by atoms with Crippen LogP contribution in [0.2, 0.25) is 0 Å². The summed E-state index contributed by atoms with van der Waals surface area (Å²) in [6.07, 6.45) is 7.19. The van der Waals surface area contributed by atoms with Gasteiger partial charge in [-0.15, -0.1) is 0 Å². The molecular weight excluding hydrogens is 1750 g/mol. The first-order chi connectivity index (χ1) is 51.1. The molecule has 12 rings (SSSR count). The van der Waals surface area contributed by atoms with Crippen LogP contribution < -0.4 is 18.9 Å². The quantitative estimate of drug-likeness (QED) is 0.0459. The molecule has 0 unspecified atom stereocenters. The Morgan fingerprint density at radius 2 is 0.667 bits per heavy atom. The summed E-state index contributed by atoms with van der Waals surface area (Å²) in [7, 11) is -7.02. The Morgan fingerprint density at radius 1 is 0.380 bits per heavy atom. The van der Waals surface area contributed by atoms with Crippen LogP contribution in [0.3, 0.4) is 0 Å². The van der Waals surface area contributed by atoms with E-state index in [1.54, 1.807) is 140 Å². The number of benzene rings is 8. The standard InChI is InChI=1S/C20H21BrN2O3S.C19H18BrNO6S2.C19H16BrNO5S.C18H16BrNO4S/c1-23(2)12-14-4-6-18-16(8-14)9-15(11-22-18)13-27(24,25)20-10-17(21)5-7-19(20)26-3;1-26-18-6-4-16(20)9-19(18)29(24,25)12-14-8-15-7-13(11-27-28(2,22)23)3-5-17(15)21-10-14;1-25-17-6-4-15(20)9-18(17)27(23,24)11-12-7-14-8-13(19(22)26-2)3-5-16(14)21-10-12;1-24-17-5-3-15(19)8-18(17)25(22,23)11-13-7-14-6-12(10-21)2-4-16(14)20-9-13/h4-11H,12-13H2,1-3H3;3-10H,11-12H2,1-2H3;3-10H,11H2,1-2H3;2-9,21H,10-11H2,1H3. The van der Waals surface area contributed by atoms with Gasteiger partial charge in [0.15, 0.2) is 39.3 Å². The zero-order valence-electron chi connectivity index (χ0n) is 59.1. The molecular formula is C76H71Br4N5O18S5. The number of carbonyl (C=O) groups excluding carboxylic acids is 1. The lowest BCUT2D eigenvalue weighted by molar-refractivity contribution is 0.0600. The van der Waals surface area contributed by atoms with E-state index >= 15 is 0 Å². The van der Waals surface area contributed by atoms with Gasteiger partial charge in [-0.1, -0.05) is 81.9 Å². The van der Waals surface area contributed by atoms with Crippen molar-refractivity contribution >= 4 is 163 Å². The number of halogens is 4. The minimum absolute atomic E-state index is 0.0757. The van der Waals surface area contributed by atoms with E-state index in [1.165, 1.54) is 66.1 Å². The number of pyridine rings is 4. The number of carbonyl (C=O) groups is 1. The fourth-order valence-electron chi connectivity index (χ4n) is 11.0. The van der Waals surface area contributed by atoms with E-state index in [0.717, 1.165) is 45.7 Å². The molecule has 0 atom stereocenters. The van der Waals surface area contributed by atoms with Crippen molar-refractivity contribution in [3.05, 3.63) is 257 Å². The molecule has 12 aromatic rings. The summed E-state index contributed by atoms with van der Waals surface area (Å²) in [5.41, 5.74) is 8.06. The highest BCUT2D eigenvalue weighted by molar-refractivity contribution is 9.11. The van der Waals surface area contributed by atoms with E-state index in [9.17, 15) is 52.0 Å². The number of sulfone groups is 4. The van der Waals surface area contributed by atoms with Crippen LogP contribution in [0.4, 0.5) is 0 Å². The summed E-state index contributed by atoms with van der Waals surface area (Å²) >= 11 is 13.2. The largest absolute Gasteiger partial charge is 0.495 e. The number of aromatic nitrogens is 4. The number of nitrogens with zero attached hydrogens (tertiary/aromatic N) is 5. The average molecular weight is 1820 g/mol. The van der Waals surface area contributed by atoms with E-state index in [1.807, 2.05) is 32.3 Å². The average Bonchev–Trinajstić information content (AvgIpc) is 0.829. The fourth-order valence-corrected chi connectivity index (χ4v) is 19.5. The van der Waals surface area contributed by atoms with E-state index < -0.39 is 55.4 Å². The molecule has 8 aromatic carbocycles. The summed E-state index contributed by atoms with van der Waals surface area (Å²) in [4.78, 5) is 31.6. The number of esters is 1. The number of methoxy groups -OCH3 is 5. The second-order valence-electron chi connectivity index (χ2n) is 24.4. The van der Waals surface area contributed by atoms with Gasteiger partial charge in [-0.2, -0.15) is 8.42 Å². The van der Waals surface area contributed by atoms with Crippen LogP contribution >= 0.6 is 63.7 Å². The van der Waals surface area contributed by atoms with E-state index in [4.69, 9.17) is 27.9 Å². The van der Waals surface area contributed by atoms with Crippen molar-refractivity contribution in [2.45, 2.75) is 62.4 Å². The Bertz CT molecular complexity index is 5970. The van der Waals surface area contributed by atoms with Crippen molar-refractivity contribution < 1.29 is 79.9 Å². The predicted octanol–water partition coefficient (Wildman–Crippen LogP) is 14.7. The molecule has 4 aromatic heterocycles. The molecule has 0 saturated carbocycles. The Kier molecular flexibility index (Phi) is 28.2. The van der Waals surface area contributed by atoms with Crippen molar-refractivity contribution in [2.24, 2.45) is 0 Å². The molecule has 23 nitrogen and oxygen atoms in total. The maximum Gasteiger partial charge on any atom is 0.337 e. The van der Waals surface area contributed by atoms with Crippen molar-refractivity contribution in [3.8, 4) is 23.0 Å². The lowest BCUT2D eigenvalue weighted by Crippen LogP contribution is -2.10. The molecule has 4 heterocycles. The number of hydrogen-bond donors (Lipinski definition) is 1. The Hall–Kier alpha value is -8.38. The number of rotatable bonds is 23. The molecule has 108 heavy (non-hydrogen) atoms. The third kappa shape index (κ3) is 22.4. The summed E-state index contributed by atoms with van der Waals surface area (Å²) < 4.78 is 158. The molecule has 0 fully saturated rings. The van der Waals surface area contributed by atoms with Gasteiger partial charge in [-0.25, -0.2) is 38.5 Å². The Morgan fingerprint density at radius 3 is 0.972 bits per heavy atom. The molecule has 32 heteroatoms. The van der Waals surface area contributed by atoms with Crippen molar-refractivity contribution in [2.75, 3.05) is 55.9 Å². The van der Waals surface area contributed by atoms with E-state index in [2.05, 4.69) is 94.6 Å². The van der Waals surface area contributed by atoms with Gasteiger partial charge >= 0.3 is 5.97 Å². The molecule has 0 bridgehead atoms. The highest BCUT2D eigenvalue weighted by Crippen LogP contribution is 2.35. The maximum absolute atomic E-state index is 12.9. The van der Waals surface area contributed by atoms with Crippen molar-refractivity contribution in [1.82, 2.24) is 24.8 Å². The predicted molar refractivity (Wildman–Crippen MR) is 428 cm³/mol. The van der Waals surface area contributed by atoms with Crippen LogP contribution in [-0.2, 0) is 101 Å². The first kappa shape index (κ1) is 83.7. The van der Waals surface area contributed by atoms with Crippen molar-refractivity contribution in [1.29, 1.82) is 0 Å². The molecule has 0 aliphatic rings. The van der Waals surface area contributed by atoms with Gasteiger partial charge in [0, 0.05) is 70.8 Å².